The van der Waals surface area contributed by atoms with E-state index in [1.807, 2.05) is 75.4 Å². The second-order valence-electron chi connectivity index (χ2n) is 6.16. The van der Waals surface area contributed by atoms with Gasteiger partial charge in [-0.1, -0.05) is 43.0 Å². The van der Waals surface area contributed by atoms with Gasteiger partial charge in [-0.05, 0) is 68.8 Å². The van der Waals surface area contributed by atoms with Gasteiger partial charge in [0.05, 0.1) is 0 Å². The molecule has 0 aliphatic rings. The molecule has 2 aromatic carbocycles. The molecule has 0 spiro atoms. The smallest absolute Gasteiger partial charge is 0.255 e. The fourth-order valence-electron chi connectivity index (χ4n) is 2.55. The number of allylic oxidation sites excluding steroid dienone is 4. The number of hydrogen-bond acceptors (Lipinski definition) is 2. The standard InChI is InChI=1S/C24H25NO2/c1-6-9-18(4)23(7-2)27-19(5)20-12-14-22(15-13-20)25-24(26)21-11-8-10-17(3)16-21/h6-16H,1,5H2,2-4H3,(H,25,26)/b18-9-,23-7+. The molecule has 0 aliphatic heterocycles. The number of hydrogen-bond donors (Lipinski definition) is 1. The number of carbonyl (C=O) groups excluding carboxylic acids is 1. The Morgan fingerprint density at radius 1 is 1.11 bits per heavy atom. The van der Waals surface area contributed by atoms with Crippen molar-refractivity contribution >= 4 is 17.4 Å². The summed E-state index contributed by atoms with van der Waals surface area (Å²) in [6.07, 6.45) is 5.49. The van der Waals surface area contributed by atoms with Gasteiger partial charge in [0.25, 0.3) is 5.91 Å². The third kappa shape index (κ3) is 5.58. The normalized spacial score (nSPS) is 11.7. The summed E-state index contributed by atoms with van der Waals surface area (Å²) in [5.74, 6) is 1.14. The van der Waals surface area contributed by atoms with Gasteiger partial charge in [-0.3, -0.25) is 4.79 Å². The Bertz CT molecular complexity index is 902. The van der Waals surface area contributed by atoms with Gasteiger partial charge in [0.15, 0.2) is 0 Å². The van der Waals surface area contributed by atoms with Crippen molar-refractivity contribution in [3.05, 3.63) is 108 Å². The molecule has 0 saturated heterocycles. The third-order valence-electron chi connectivity index (χ3n) is 4.00. The molecule has 3 nitrogen and oxygen atoms in total. The minimum Gasteiger partial charge on any atom is -0.457 e. The molecule has 1 amide bonds. The average molecular weight is 359 g/mol. The summed E-state index contributed by atoms with van der Waals surface area (Å²) in [4.78, 5) is 12.3. The van der Waals surface area contributed by atoms with Gasteiger partial charge in [0, 0.05) is 16.8 Å². The molecule has 0 radical (unpaired) electrons. The van der Waals surface area contributed by atoms with Crippen LogP contribution in [0.3, 0.4) is 0 Å². The molecule has 0 aliphatic carbocycles. The van der Waals surface area contributed by atoms with Crippen molar-refractivity contribution in [2.75, 3.05) is 5.32 Å². The van der Waals surface area contributed by atoms with Gasteiger partial charge in [0.2, 0.25) is 0 Å². The number of rotatable bonds is 7. The van der Waals surface area contributed by atoms with E-state index in [-0.39, 0.29) is 5.91 Å². The molecule has 0 unspecified atom stereocenters. The number of nitrogens with one attached hydrogen (secondary N) is 1. The number of aryl methyl sites for hydroxylation is 1. The van der Waals surface area contributed by atoms with E-state index in [0.717, 1.165) is 22.5 Å². The highest BCUT2D eigenvalue weighted by atomic mass is 16.5. The van der Waals surface area contributed by atoms with Gasteiger partial charge in [-0.25, -0.2) is 0 Å². The molecule has 0 saturated carbocycles. The van der Waals surface area contributed by atoms with Crippen LogP contribution in [0.1, 0.15) is 35.3 Å². The van der Waals surface area contributed by atoms with Crippen LogP contribution in [0.2, 0.25) is 0 Å². The fraction of sp³-hybridized carbons (Fsp3) is 0.125. The lowest BCUT2D eigenvalue weighted by molar-refractivity contribution is 0.102. The van der Waals surface area contributed by atoms with E-state index in [1.54, 1.807) is 12.1 Å². The van der Waals surface area contributed by atoms with Gasteiger partial charge in [-0.2, -0.15) is 0 Å². The Balaban J connectivity index is 2.06. The molecular formula is C24H25NO2. The fourth-order valence-corrected chi connectivity index (χ4v) is 2.55. The van der Waals surface area contributed by atoms with Crippen molar-refractivity contribution in [2.45, 2.75) is 20.8 Å². The van der Waals surface area contributed by atoms with E-state index < -0.39 is 0 Å². The molecule has 0 heterocycles. The van der Waals surface area contributed by atoms with E-state index in [0.29, 0.717) is 17.0 Å². The number of ether oxygens (including phenoxy) is 1. The molecule has 0 bridgehead atoms. The first kappa shape index (κ1) is 20.0. The zero-order valence-electron chi connectivity index (χ0n) is 16.1. The molecule has 1 N–H and O–H groups in total. The predicted octanol–water partition coefficient (Wildman–Crippen LogP) is 6.27. The van der Waals surface area contributed by atoms with Gasteiger partial charge < -0.3 is 10.1 Å². The summed E-state index contributed by atoms with van der Waals surface area (Å²) in [5.41, 5.74) is 4.21. The maximum Gasteiger partial charge on any atom is 0.255 e. The highest BCUT2D eigenvalue weighted by molar-refractivity contribution is 6.04. The van der Waals surface area contributed by atoms with Crippen LogP contribution in [0.4, 0.5) is 5.69 Å². The summed E-state index contributed by atoms with van der Waals surface area (Å²) in [6.45, 7) is 13.5. The molecule has 0 aromatic heterocycles. The second kappa shape index (κ2) is 9.39. The molecule has 2 rings (SSSR count). The summed E-state index contributed by atoms with van der Waals surface area (Å²) in [5, 5.41) is 2.90. The zero-order valence-corrected chi connectivity index (χ0v) is 16.1. The van der Waals surface area contributed by atoms with E-state index in [1.165, 1.54) is 0 Å². The van der Waals surface area contributed by atoms with Gasteiger partial charge in [0.1, 0.15) is 11.5 Å². The number of amides is 1. The first-order valence-corrected chi connectivity index (χ1v) is 8.75. The molecule has 0 fully saturated rings. The van der Waals surface area contributed by atoms with Crippen LogP contribution in [0.25, 0.3) is 5.76 Å². The van der Waals surface area contributed by atoms with Crippen LogP contribution in [0.15, 0.2) is 91.2 Å². The van der Waals surface area contributed by atoms with Gasteiger partial charge in [-0.15, -0.1) is 0 Å². The largest absolute Gasteiger partial charge is 0.457 e. The van der Waals surface area contributed by atoms with E-state index in [9.17, 15) is 4.79 Å². The van der Waals surface area contributed by atoms with Crippen molar-refractivity contribution in [1.82, 2.24) is 0 Å². The highest BCUT2D eigenvalue weighted by Crippen LogP contribution is 2.23. The minimum atomic E-state index is -0.136. The van der Waals surface area contributed by atoms with Crippen LogP contribution in [-0.2, 0) is 4.74 Å². The quantitative estimate of drug-likeness (QED) is 0.467. The number of carbonyl (C=O) groups is 1. The van der Waals surface area contributed by atoms with Crippen LogP contribution in [-0.4, -0.2) is 5.91 Å². The van der Waals surface area contributed by atoms with E-state index >= 15 is 0 Å². The lowest BCUT2D eigenvalue weighted by atomic mass is 10.1. The Hall–Kier alpha value is -3.33. The Morgan fingerprint density at radius 2 is 1.81 bits per heavy atom. The third-order valence-corrected chi connectivity index (χ3v) is 4.00. The molecule has 2 aromatic rings. The summed E-state index contributed by atoms with van der Waals surface area (Å²) in [7, 11) is 0. The second-order valence-corrected chi connectivity index (χ2v) is 6.16. The summed E-state index contributed by atoms with van der Waals surface area (Å²) in [6, 6.07) is 14.9. The van der Waals surface area contributed by atoms with Crippen LogP contribution in [0, 0.1) is 6.92 Å². The Kier molecular flexibility index (Phi) is 6.95. The summed E-state index contributed by atoms with van der Waals surface area (Å²) < 4.78 is 5.87. The number of benzene rings is 2. The lowest BCUT2D eigenvalue weighted by Crippen LogP contribution is -2.11. The highest BCUT2D eigenvalue weighted by Gasteiger charge is 2.08. The minimum absolute atomic E-state index is 0.136. The Morgan fingerprint density at radius 3 is 2.41 bits per heavy atom. The lowest BCUT2D eigenvalue weighted by Gasteiger charge is -2.13. The maximum absolute atomic E-state index is 12.3. The topological polar surface area (TPSA) is 38.3 Å². The number of anilines is 1. The van der Waals surface area contributed by atoms with Crippen molar-refractivity contribution in [2.24, 2.45) is 0 Å². The average Bonchev–Trinajstić information content (AvgIpc) is 2.66. The monoisotopic (exact) mass is 359 g/mol. The summed E-state index contributed by atoms with van der Waals surface area (Å²) >= 11 is 0. The van der Waals surface area contributed by atoms with E-state index in [4.69, 9.17) is 4.74 Å². The van der Waals surface area contributed by atoms with E-state index in [2.05, 4.69) is 18.5 Å². The molecule has 0 atom stereocenters. The van der Waals surface area contributed by atoms with Crippen LogP contribution >= 0.6 is 0 Å². The SMILES string of the molecule is C=C/C=C(C)\C(=C/C)OC(=C)c1ccc(NC(=O)c2cccc(C)c2)cc1. The van der Waals surface area contributed by atoms with Crippen molar-refractivity contribution in [3.63, 3.8) is 0 Å². The maximum atomic E-state index is 12.3. The van der Waals surface area contributed by atoms with Crippen molar-refractivity contribution < 1.29 is 9.53 Å². The molecule has 27 heavy (non-hydrogen) atoms. The molecule has 138 valence electrons. The van der Waals surface area contributed by atoms with Crippen molar-refractivity contribution in [1.29, 1.82) is 0 Å². The van der Waals surface area contributed by atoms with Crippen LogP contribution in [0.5, 0.6) is 0 Å². The molecule has 3 heteroatoms. The Labute approximate surface area is 161 Å². The first-order chi connectivity index (χ1) is 12.9. The van der Waals surface area contributed by atoms with Gasteiger partial charge >= 0.3 is 0 Å². The zero-order chi connectivity index (χ0) is 19.8. The first-order valence-electron chi connectivity index (χ1n) is 8.75. The van der Waals surface area contributed by atoms with Crippen LogP contribution < -0.4 is 5.32 Å². The van der Waals surface area contributed by atoms with Crippen molar-refractivity contribution in [3.8, 4) is 0 Å². The predicted molar refractivity (Wildman–Crippen MR) is 113 cm³/mol. The molecular weight excluding hydrogens is 334 g/mol.